The molecule has 4 heteroatoms. The Labute approximate surface area is 173 Å². The second-order valence-corrected chi connectivity index (χ2v) is 7.68. The van der Waals surface area contributed by atoms with Gasteiger partial charge in [-0.25, -0.2) is 4.79 Å². The summed E-state index contributed by atoms with van der Waals surface area (Å²) in [5.74, 6) is -0.700. The summed E-state index contributed by atoms with van der Waals surface area (Å²) in [6, 6.07) is 0. The zero-order valence-electron chi connectivity index (χ0n) is 18.6. The fraction of sp³-hybridized carbons (Fsp3) is 0.833. The highest BCUT2D eigenvalue weighted by molar-refractivity contribution is 5.94. The van der Waals surface area contributed by atoms with Crippen molar-refractivity contribution in [3.63, 3.8) is 0 Å². The molecule has 164 valence electrons. The molecule has 1 amide bonds. The Hall–Kier alpha value is -1.32. The van der Waals surface area contributed by atoms with Crippen molar-refractivity contribution in [1.82, 2.24) is 5.32 Å². The maximum Gasteiger partial charge on any atom is 0.330 e. The van der Waals surface area contributed by atoms with Gasteiger partial charge in [0.15, 0.2) is 0 Å². The van der Waals surface area contributed by atoms with Crippen molar-refractivity contribution < 1.29 is 14.3 Å². The number of esters is 1. The maximum atomic E-state index is 11.5. The Morgan fingerprint density at radius 2 is 1.07 bits per heavy atom. The van der Waals surface area contributed by atoms with E-state index in [-0.39, 0.29) is 5.91 Å². The van der Waals surface area contributed by atoms with Crippen LogP contribution in [0.1, 0.15) is 117 Å². The van der Waals surface area contributed by atoms with Gasteiger partial charge in [-0.05, 0) is 13.3 Å². The first-order valence-corrected chi connectivity index (χ1v) is 11.8. The van der Waals surface area contributed by atoms with E-state index in [0.29, 0.717) is 13.2 Å². The van der Waals surface area contributed by atoms with E-state index in [1.165, 1.54) is 102 Å². The third-order valence-electron chi connectivity index (χ3n) is 4.99. The smallest absolute Gasteiger partial charge is 0.330 e. The highest BCUT2D eigenvalue weighted by Crippen LogP contribution is 2.13. The van der Waals surface area contributed by atoms with Crippen molar-refractivity contribution in [1.29, 1.82) is 0 Å². The Morgan fingerprint density at radius 3 is 1.50 bits per heavy atom. The second-order valence-electron chi connectivity index (χ2n) is 7.68. The van der Waals surface area contributed by atoms with Crippen molar-refractivity contribution in [3.8, 4) is 0 Å². The third-order valence-corrected chi connectivity index (χ3v) is 4.99. The summed E-state index contributed by atoms with van der Waals surface area (Å²) in [5, 5.41) is 2.80. The van der Waals surface area contributed by atoms with Gasteiger partial charge in [0.2, 0.25) is 5.91 Å². The Kier molecular flexibility index (Phi) is 20.9. The summed E-state index contributed by atoms with van der Waals surface area (Å²) in [6.45, 7) is 5.01. The van der Waals surface area contributed by atoms with Crippen molar-refractivity contribution in [3.05, 3.63) is 12.2 Å². The summed E-state index contributed by atoms with van der Waals surface area (Å²) in [6.07, 6.45) is 23.9. The van der Waals surface area contributed by atoms with E-state index in [1.807, 2.05) is 0 Å². The quantitative estimate of drug-likeness (QED) is 0.146. The molecule has 1 N–H and O–H groups in total. The Balaban J connectivity index is 3.21. The lowest BCUT2D eigenvalue weighted by atomic mass is 10.0. The van der Waals surface area contributed by atoms with E-state index >= 15 is 0 Å². The average molecular weight is 396 g/mol. The fourth-order valence-electron chi connectivity index (χ4n) is 3.28. The summed E-state index contributed by atoms with van der Waals surface area (Å²) in [5.41, 5.74) is 0. The molecule has 0 rings (SSSR count). The van der Waals surface area contributed by atoms with Gasteiger partial charge in [0, 0.05) is 18.7 Å². The number of amides is 1. The largest absolute Gasteiger partial charge is 0.463 e. The first-order valence-electron chi connectivity index (χ1n) is 11.8. The molecular weight excluding hydrogens is 350 g/mol. The predicted octanol–water partition coefficient (Wildman–Crippen LogP) is 6.48. The molecule has 28 heavy (non-hydrogen) atoms. The number of nitrogens with one attached hydrogen (secondary N) is 1. The van der Waals surface area contributed by atoms with Crippen LogP contribution in [0, 0.1) is 0 Å². The first kappa shape index (κ1) is 26.7. The Bertz CT molecular complexity index is 393. The minimum absolute atomic E-state index is 0.228. The summed E-state index contributed by atoms with van der Waals surface area (Å²) in [7, 11) is 0. The molecule has 0 aliphatic heterocycles. The van der Waals surface area contributed by atoms with Crippen LogP contribution >= 0.6 is 0 Å². The SMILES string of the molecule is CCCCCCCCCCCCCCCCCCNC(=O)/C=C\C(=O)OCC. The standard InChI is InChI=1S/C24H45NO3/c1-3-5-6-7-8-9-10-11-12-13-14-15-16-17-18-19-22-25-23(26)20-21-24(27)28-4-2/h20-21H,3-19,22H2,1-2H3,(H,25,26)/b21-20-. The molecule has 0 aromatic carbocycles. The summed E-state index contributed by atoms with van der Waals surface area (Å²) >= 11 is 0. The summed E-state index contributed by atoms with van der Waals surface area (Å²) < 4.78 is 4.73. The number of rotatable bonds is 20. The molecule has 0 bridgehead atoms. The van der Waals surface area contributed by atoms with Gasteiger partial charge in [0.25, 0.3) is 0 Å². The molecule has 4 nitrogen and oxygen atoms in total. The molecule has 0 aliphatic carbocycles. The highest BCUT2D eigenvalue weighted by Gasteiger charge is 1.99. The van der Waals surface area contributed by atoms with Crippen LogP contribution in [0.3, 0.4) is 0 Å². The van der Waals surface area contributed by atoms with E-state index in [0.717, 1.165) is 12.8 Å². The predicted molar refractivity (Wildman–Crippen MR) is 118 cm³/mol. The number of hydrogen-bond acceptors (Lipinski definition) is 3. The monoisotopic (exact) mass is 395 g/mol. The molecule has 0 fully saturated rings. The number of unbranched alkanes of at least 4 members (excludes halogenated alkanes) is 15. The molecule has 0 atom stereocenters. The van der Waals surface area contributed by atoms with Gasteiger partial charge >= 0.3 is 5.97 Å². The molecule has 0 saturated heterocycles. The molecule has 0 heterocycles. The number of carbonyl (C=O) groups is 2. The molecule has 0 aromatic rings. The molecular formula is C24H45NO3. The van der Waals surface area contributed by atoms with Gasteiger partial charge in [-0.1, -0.05) is 103 Å². The van der Waals surface area contributed by atoms with Crippen LogP contribution < -0.4 is 5.32 Å². The van der Waals surface area contributed by atoms with Gasteiger partial charge < -0.3 is 10.1 Å². The van der Waals surface area contributed by atoms with Crippen LogP contribution in [0.15, 0.2) is 12.2 Å². The van der Waals surface area contributed by atoms with Gasteiger partial charge in [-0.2, -0.15) is 0 Å². The van der Waals surface area contributed by atoms with Gasteiger partial charge in [-0.15, -0.1) is 0 Å². The zero-order valence-corrected chi connectivity index (χ0v) is 18.6. The van der Waals surface area contributed by atoms with Crippen LogP contribution in [-0.4, -0.2) is 25.0 Å². The normalized spacial score (nSPS) is 11.1. The van der Waals surface area contributed by atoms with Crippen molar-refractivity contribution in [2.45, 2.75) is 117 Å². The van der Waals surface area contributed by atoms with Crippen LogP contribution in [-0.2, 0) is 14.3 Å². The van der Waals surface area contributed by atoms with Crippen LogP contribution in [0.2, 0.25) is 0 Å². The van der Waals surface area contributed by atoms with E-state index < -0.39 is 5.97 Å². The van der Waals surface area contributed by atoms with Crippen LogP contribution in [0.4, 0.5) is 0 Å². The number of carbonyl (C=O) groups excluding carboxylic acids is 2. The van der Waals surface area contributed by atoms with Crippen molar-refractivity contribution >= 4 is 11.9 Å². The minimum atomic E-state index is -0.472. The summed E-state index contributed by atoms with van der Waals surface area (Å²) in [4.78, 5) is 22.6. The van der Waals surface area contributed by atoms with E-state index in [2.05, 4.69) is 12.2 Å². The van der Waals surface area contributed by atoms with E-state index in [4.69, 9.17) is 4.74 Å². The first-order chi connectivity index (χ1) is 13.7. The van der Waals surface area contributed by atoms with E-state index in [1.54, 1.807) is 6.92 Å². The molecule has 0 aromatic heterocycles. The maximum absolute atomic E-state index is 11.5. The van der Waals surface area contributed by atoms with Crippen molar-refractivity contribution in [2.75, 3.05) is 13.2 Å². The number of hydrogen-bond donors (Lipinski definition) is 1. The topological polar surface area (TPSA) is 55.4 Å². The second kappa shape index (κ2) is 22.0. The highest BCUT2D eigenvalue weighted by atomic mass is 16.5. The molecule has 0 spiro atoms. The Morgan fingerprint density at radius 1 is 0.643 bits per heavy atom. The zero-order chi connectivity index (χ0) is 20.7. The van der Waals surface area contributed by atoms with Gasteiger partial charge in [0.1, 0.15) is 0 Å². The fourth-order valence-corrected chi connectivity index (χ4v) is 3.28. The molecule has 0 saturated carbocycles. The van der Waals surface area contributed by atoms with E-state index in [9.17, 15) is 9.59 Å². The number of ether oxygens (including phenoxy) is 1. The lowest BCUT2D eigenvalue weighted by molar-refractivity contribution is -0.137. The lowest BCUT2D eigenvalue weighted by Gasteiger charge is -2.04. The minimum Gasteiger partial charge on any atom is -0.463 e. The van der Waals surface area contributed by atoms with Crippen LogP contribution in [0.25, 0.3) is 0 Å². The van der Waals surface area contributed by atoms with Crippen molar-refractivity contribution in [2.24, 2.45) is 0 Å². The molecule has 0 radical (unpaired) electrons. The van der Waals surface area contributed by atoms with Crippen LogP contribution in [0.5, 0.6) is 0 Å². The lowest BCUT2D eigenvalue weighted by Crippen LogP contribution is -2.22. The van der Waals surface area contributed by atoms with Gasteiger partial charge in [0.05, 0.1) is 6.61 Å². The molecule has 0 aliphatic rings. The average Bonchev–Trinajstić information content (AvgIpc) is 2.69. The van der Waals surface area contributed by atoms with Gasteiger partial charge in [-0.3, -0.25) is 4.79 Å². The molecule has 0 unspecified atom stereocenters. The third kappa shape index (κ3) is 21.0.